The summed E-state index contributed by atoms with van der Waals surface area (Å²) in [5.74, 6) is 0.331. The number of nitrogens with zero attached hydrogens (tertiary/aromatic N) is 2. The van der Waals surface area contributed by atoms with Crippen LogP contribution in [0.4, 0.5) is 5.69 Å². The number of nitrogens with two attached hydrogens (primary N) is 1. The monoisotopic (exact) mass is 333 g/mol. The molecule has 0 bridgehead atoms. The van der Waals surface area contributed by atoms with Gasteiger partial charge in [-0.25, -0.2) is 0 Å². The molecule has 0 saturated carbocycles. The van der Waals surface area contributed by atoms with Crippen molar-refractivity contribution in [2.45, 2.75) is 17.7 Å². The van der Waals surface area contributed by atoms with E-state index < -0.39 is 0 Å². The molecule has 2 atom stereocenters. The fourth-order valence-corrected chi connectivity index (χ4v) is 3.78. The van der Waals surface area contributed by atoms with Gasteiger partial charge in [0.1, 0.15) is 0 Å². The molecule has 5 nitrogen and oxygen atoms in total. The normalized spacial score (nSPS) is 24.5. The molecule has 3 rings (SSSR count). The van der Waals surface area contributed by atoms with Crippen LogP contribution in [-0.4, -0.2) is 49.1 Å². The van der Waals surface area contributed by atoms with E-state index in [0.29, 0.717) is 25.4 Å². The molecule has 2 heterocycles. The van der Waals surface area contributed by atoms with E-state index >= 15 is 0 Å². The van der Waals surface area contributed by atoms with E-state index in [9.17, 15) is 9.59 Å². The van der Waals surface area contributed by atoms with Gasteiger partial charge in [-0.2, -0.15) is 0 Å². The molecule has 2 N–H and O–H groups in total. The minimum absolute atomic E-state index is 0.0369. The van der Waals surface area contributed by atoms with Crippen molar-refractivity contribution in [3.05, 3.63) is 24.3 Å². The molecule has 1 aromatic carbocycles. The zero-order valence-corrected chi connectivity index (χ0v) is 14.2. The lowest BCUT2D eigenvalue weighted by Crippen LogP contribution is -2.36. The smallest absolute Gasteiger partial charge is 0.228 e. The first-order chi connectivity index (χ1) is 11.1. The Hall–Kier alpha value is -1.53. The lowest BCUT2D eigenvalue weighted by molar-refractivity contribution is -0.134. The average Bonchev–Trinajstić information content (AvgIpc) is 3.21. The second-order valence-corrected chi connectivity index (χ2v) is 7.16. The molecule has 2 amide bonds. The van der Waals surface area contributed by atoms with E-state index in [1.54, 1.807) is 16.7 Å². The number of likely N-dealkylation sites (tertiary alicyclic amines) is 1. The first-order valence-corrected chi connectivity index (χ1v) is 9.28. The van der Waals surface area contributed by atoms with E-state index in [-0.39, 0.29) is 17.7 Å². The number of rotatable bonds is 4. The largest absolute Gasteiger partial charge is 0.342 e. The van der Waals surface area contributed by atoms with Crippen LogP contribution in [0.2, 0.25) is 0 Å². The Labute approximate surface area is 141 Å². The number of carbonyl (C=O) groups is 2. The van der Waals surface area contributed by atoms with Crippen LogP contribution < -0.4 is 10.6 Å². The molecule has 6 heteroatoms. The van der Waals surface area contributed by atoms with E-state index in [0.717, 1.165) is 30.1 Å². The highest BCUT2D eigenvalue weighted by Crippen LogP contribution is 2.29. The van der Waals surface area contributed by atoms with Gasteiger partial charge in [0.2, 0.25) is 11.8 Å². The number of thioether (sulfide) groups is 1. The summed E-state index contributed by atoms with van der Waals surface area (Å²) in [5, 5.41) is 0. The van der Waals surface area contributed by atoms with Crippen LogP contribution in [0.25, 0.3) is 0 Å². The number of anilines is 1. The number of hydrogen-bond acceptors (Lipinski definition) is 4. The van der Waals surface area contributed by atoms with E-state index in [1.807, 2.05) is 35.4 Å². The first kappa shape index (κ1) is 16.3. The molecule has 0 spiro atoms. The third kappa shape index (κ3) is 3.38. The van der Waals surface area contributed by atoms with Crippen molar-refractivity contribution in [3.8, 4) is 0 Å². The summed E-state index contributed by atoms with van der Waals surface area (Å²) in [5.41, 5.74) is 6.57. The van der Waals surface area contributed by atoms with Crippen molar-refractivity contribution in [3.63, 3.8) is 0 Å². The lowest BCUT2D eigenvalue weighted by atomic mass is 10.1. The van der Waals surface area contributed by atoms with Crippen LogP contribution in [-0.2, 0) is 9.59 Å². The second-order valence-electron chi connectivity index (χ2n) is 6.28. The van der Waals surface area contributed by atoms with Gasteiger partial charge in [-0.3, -0.25) is 9.59 Å². The van der Waals surface area contributed by atoms with Crippen LogP contribution in [0.15, 0.2) is 29.2 Å². The van der Waals surface area contributed by atoms with Gasteiger partial charge in [0.05, 0.1) is 5.92 Å². The van der Waals surface area contributed by atoms with Gasteiger partial charge in [0, 0.05) is 36.6 Å². The molecule has 1 aromatic rings. The fourth-order valence-electron chi connectivity index (χ4n) is 3.37. The molecule has 2 fully saturated rings. The molecular weight excluding hydrogens is 310 g/mol. The Balaban J connectivity index is 1.66. The summed E-state index contributed by atoms with van der Waals surface area (Å²) in [4.78, 5) is 29.7. The minimum Gasteiger partial charge on any atom is -0.342 e. The van der Waals surface area contributed by atoms with Crippen LogP contribution in [0, 0.1) is 11.8 Å². The van der Waals surface area contributed by atoms with Gasteiger partial charge in [0.25, 0.3) is 0 Å². The third-order valence-corrected chi connectivity index (χ3v) is 5.53. The molecule has 0 aromatic heterocycles. The van der Waals surface area contributed by atoms with Gasteiger partial charge in [0.15, 0.2) is 0 Å². The highest BCUT2D eigenvalue weighted by molar-refractivity contribution is 7.98. The number of carbonyl (C=O) groups excluding carboxylic acids is 2. The summed E-state index contributed by atoms with van der Waals surface area (Å²) in [6.45, 7) is 2.62. The summed E-state index contributed by atoms with van der Waals surface area (Å²) in [7, 11) is 0. The van der Waals surface area contributed by atoms with E-state index in [1.165, 1.54) is 0 Å². The second kappa shape index (κ2) is 6.93. The first-order valence-electron chi connectivity index (χ1n) is 8.05. The quantitative estimate of drug-likeness (QED) is 0.850. The molecular formula is C17H23N3O2S. The van der Waals surface area contributed by atoms with Crippen LogP contribution in [0.1, 0.15) is 12.8 Å². The summed E-state index contributed by atoms with van der Waals surface area (Å²) < 4.78 is 0. The van der Waals surface area contributed by atoms with Gasteiger partial charge in [-0.15, -0.1) is 11.8 Å². The van der Waals surface area contributed by atoms with Crippen molar-refractivity contribution in [1.82, 2.24) is 4.90 Å². The molecule has 0 aliphatic carbocycles. The SMILES string of the molecule is CSc1ccc(N2CC(C(=O)N3CCC(CN)C3)CC2=O)cc1. The zero-order valence-electron chi connectivity index (χ0n) is 13.4. The van der Waals surface area contributed by atoms with Crippen LogP contribution >= 0.6 is 11.8 Å². The number of benzene rings is 1. The Morgan fingerprint density at radius 1 is 1.30 bits per heavy atom. The zero-order chi connectivity index (χ0) is 16.4. The predicted octanol–water partition coefficient (Wildman–Crippen LogP) is 1.57. The Kier molecular flexibility index (Phi) is 4.92. The number of hydrogen-bond donors (Lipinski definition) is 1. The van der Waals surface area contributed by atoms with E-state index in [4.69, 9.17) is 5.73 Å². The molecule has 0 radical (unpaired) electrons. The van der Waals surface area contributed by atoms with Crippen LogP contribution in [0.5, 0.6) is 0 Å². The fraction of sp³-hybridized carbons (Fsp3) is 0.529. The Bertz CT molecular complexity index is 590. The topological polar surface area (TPSA) is 66.6 Å². The molecule has 2 saturated heterocycles. The van der Waals surface area contributed by atoms with Crippen LogP contribution in [0.3, 0.4) is 0 Å². The molecule has 23 heavy (non-hydrogen) atoms. The highest BCUT2D eigenvalue weighted by atomic mass is 32.2. The molecule has 2 aliphatic rings. The standard InChI is InChI=1S/C17H23N3O2S/c1-23-15-4-2-14(3-5-15)20-11-13(8-16(20)21)17(22)19-7-6-12(9-18)10-19/h2-5,12-13H,6-11,18H2,1H3. The third-order valence-electron chi connectivity index (χ3n) is 4.79. The highest BCUT2D eigenvalue weighted by Gasteiger charge is 2.38. The maximum Gasteiger partial charge on any atom is 0.228 e. The average molecular weight is 333 g/mol. The maximum atomic E-state index is 12.6. The minimum atomic E-state index is -0.223. The van der Waals surface area contributed by atoms with Gasteiger partial charge in [-0.1, -0.05) is 0 Å². The summed E-state index contributed by atoms with van der Waals surface area (Å²) in [6.07, 6.45) is 3.31. The van der Waals surface area contributed by atoms with E-state index in [2.05, 4.69) is 0 Å². The maximum absolute atomic E-state index is 12.6. The van der Waals surface area contributed by atoms with Crippen molar-refractivity contribution in [2.75, 3.05) is 37.3 Å². The Morgan fingerprint density at radius 2 is 2.04 bits per heavy atom. The van der Waals surface area contributed by atoms with Gasteiger partial charge < -0.3 is 15.5 Å². The molecule has 124 valence electrons. The van der Waals surface area contributed by atoms with Gasteiger partial charge in [-0.05, 0) is 49.4 Å². The molecule has 2 aliphatic heterocycles. The lowest BCUT2D eigenvalue weighted by Gasteiger charge is -2.21. The Morgan fingerprint density at radius 3 is 2.65 bits per heavy atom. The van der Waals surface area contributed by atoms with Crippen molar-refractivity contribution in [1.29, 1.82) is 0 Å². The summed E-state index contributed by atoms with van der Waals surface area (Å²) >= 11 is 1.67. The summed E-state index contributed by atoms with van der Waals surface area (Å²) in [6, 6.07) is 7.93. The van der Waals surface area contributed by atoms with Crippen molar-refractivity contribution < 1.29 is 9.59 Å². The van der Waals surface area contributed by atoms with Crippen molar-refractivity contribution >= 4 is 29.3 Å². The number of amides is 2. The van der Waals surface area contributed by atoms with Crippen molar-refractivity contribution in [2.24, 2.45) is 17.6 Å². The van der Waals surface area contributed by atoms with Gasteiger partial charge >= 0.3 is 0 Å². The molecule has 2 unspecified atom stereocenters. The predicted molar refractivity (Wildman–Crippen MR) is 92.4 cm³/mol.